The Morgan fingerprint density at radius 3 is 2.94 bits per heavy atom. The average molecular weight is 218 g/mol. The third-order valence-electron chi connectivity index (χ3n) is 2.34. The van der Waals surface area contributed by atoms with Crippen LogP contribution in [-0.4, -0.2) is 15.2 Å². The molecule has 2 N–H and O–H groups in total. The third kappa shape index (κ3) is 2.09. The molecule has 0 amide bonds. The molecule has 1 atom stereocenters. The summed E-state index contributed by atoms with van der Waals surface area (Å²) in [6.07, 6.45) is 2.49. The Bertz CT molecular complexity index is 480. The van der Waals surface area contributed by atoms with E-state index in [1.54, 1.807) is 6.20 Å². The topological polar surface area (TPSA) is 77.8 Å². The molecule has 5 nitrogen and oxygen atoms in total. The van der Waals surface area contributed by atoms with Crippen LogP contribution in [-0.2, 0) is 0 Å². The second-order valence-electron chi connectivity index (χ2n) is 3.65. The van der Waals surface area contributed by atoms with E-state index in [0.29, 0.717) is 11.8 Å². The van der Waals surface area contributed by atoms with Gasteiger partial charge in [-0.05, 0) is 25.5 Å². The van der Waals surface area contributed by atoms with Crippen molar-refractivity contribution < 1.29 is 4.42 Å². The number of hydrogen-bond donors (Lipinski definition) is 1. The quantitative estimate of drug-likeness (QED) is 0.850. The predicted octanol–water partition coefficient (Wildman–Crippen LogP) is 1.85. The first-order valence-corrected chi connectivity index (χ1v) is 5.22. The molecule has 0 spiro atoms. The molecule has 2 aromatic heterocycles. The summed E-state index contributed by atoms with van der Waals surface area (Å²) in [5.41, 5.74) is 7.59. The lowest BCUT2D eigenvalue weighted by Crippen LogP contribution is -2.08. The van der Waals surface area contributed by atoms with Crippen molar-refractivity contribution in [2.45, 2.75) is 26.3 Å². The highest BCUT2D eigenvalue weighted by Gasteiger charge is 2.13. The van der Waals surface area contributed by atoms with Gasteiger partial charge in [0.15, 0.2) is 0 Å². The van der Waals surface area contributed by atoms with Crippen molar-refractivity contribution in [1.29, 1.82) is 0 Å². The van der Waals surface area contributed by atoms with Gasteiger partial charge >= 0.3 is 0 Å². The first-order valence-electron chi connectivity index (χ1n) is 5.22. The molecule has 0 aliphatic carbocycles. The average Bonchev–Trinajstić information content (AvgIpc) is 2.77. The number of nitrogens with zero attached hydrogens (tertiary/aromatic N) is 3. The first-order chi connectivity index (χ1) is 7.70. The number of nitrogens with two attached hydrogens (primary N) is 1. The van der Waals surface area contributed by atoms with E-state index in [2.05, 4.69) is 15.2 Å². The molecule has 0 aromatic carbocycles. The fourth-order valence-corrected chi connectivity index (χ4v) is 1.35. The minimum absolute atomic E-state index is 0.191. The monoisotopic (exact) mass is 218 g/mol. The number of aryl methyl sites for hydroxylation is 1. The van der Waals surface area contributed by atoms with Crippen LogP contribution in [0.25, 0.3) is 11.5 Å². The Morgan fingerprint density at radius 2 is 2.25 bits per heavy atom. The minimum atomic E-state index is -0.191. The fourth-order valence-electron chi connectivity index (χ4n) is 1.35. The highest BCUT2D eigenvalue weighted by Crippen LogP contribution is 2.20. The van der Waals surface area contributed by atoms with E-state index in [1.807, 2.05) is 26.0 Å². The summed E-state index contributed by atoms with van der Waals surface area (Å²) in [5, 5.41) is 7.90. The summed E-state index contributed by atoms with van der Waals surface area (Å²) in [5.74, 6) is 0.969. The van der Waals surface area contributed by atoms with Crippen molar-refractivity contribution in [3.05, 3.63) is 29.9 Å². The largest absolute Gasteiger partial charge is 0.419 e. The van der Waals surface area contributed by atoms with Crippen molar-refractivity contribution in [2.75, 3.05) is 0 Å². The van der Waals surface area contributed by atoms with Gasteiger partial charge in [0.1, 0.15) is 0 Å². The van der Waals surface area contributed by atoms with E-state index in [1.165, 1.54) is 0 Å². The molecular formula is C11H14N4O. The minimum Gasteiger partial charge on any atom is -0.419 e. The molecule has 0 aliphatic rings. The second-order valence-corrected chi connectivity index (χ2v) is 3.65. The van der Waals surface area contributed by atoms with Crippen molar-refractivity contribution in [2.24, 2.45) is 5.73 Å². The van der Waals surface area contributed by atoms with Crippen molar-refractivity contribution >= 4 is 0 Å². The van der Waals surface area contributed by atoms with Crippen molar-refractivity contribution in [3.63, 3.8) is 0 Å². The Labute approximate surface area is 93.7 Å². The molecule has 5 heteroatoms. The summed E-state index contributed by atoms with van der Waals surface area (Å²) in [6, 6.07) is 3.54. The Morgan fingerprint density at radius 1 is 1.44 bits per heavy atom. The van der Waals surface area contributed by atoms with Crippen LogP contribution in [0, 0.1) is 6.92 Å². The normalized spacial score (nSPS) is 12.7. The van der Waals surface area contributed by atoms with Crippen LogP contribution in [0.5, 0.6) is 0 Å². The van der Waals surface area contributed by atoms with E-state index < -0.39 is 0 Å². The first kappa shape index (κ1) is 10.8. The van der Waals surface area contributed by atoms with E-state index in [0.717, 1.165) is 17.7 Å². The van der Waals surface area contributed by atoms with E-state index >= 15 is 0 Å². The van der Waals surface area contributed by atoms with Crippen molar-refractivity contribution in [3.8, 4) is 11.5 Å². The maximum atomic E-state index is 5.81. The summed E-state index contributed by atoms with van der Waals surface area (Å²) in [6.45, 7) is 3.89. The summed E-state index contributed by atoms with van der Waals surface area (Å²) in [4.78, 5) is 4.11. The molecule has 84 valence electrons. The number of pyridine rings is 1. The van der Waals surface area contributed by atoms with Gasteiger partial charge in [-0.3, -0.25) is 4.98 Å². The Balaban J connectivity index is 2.31. The van der Waals surface area contributed by atoms with Crippen LogP contribution in [0.15, 0.2) is 22.7 Å². The maximum absolute atomic E-state index is 5.81. The summed E-state index contributed by atoms with van der Waals surface area (Å²) < 4.78 is 5.50. The maximum Gasteiger partial charge on any atom is 0.247 e. The van der Waals surface area contributed by atoms with Crippen LogP contribution in [0.1, 0.15) is 31.0 Å². The highest BCUT2D eigenvalue weighted by atomic mass is 16.4. The van der Waals surface area contributed by atoms with Gasteiger partial charge in [-0.25, -0.2) is 0 Å². The smallest absolute Gasteiger partial charge is 0.247 e. The summed E-state index contributed by atoms with van der Waals surface area (Å²) >= 11 is 0. The second kappa shape index (κ2) is 4.40. The van der Waals surface area contributed by atoms with E-state index in [4.69, 9.17) is 10.2 Å². The molecule has 0 saturated heterocycles. The standard InChI is InChI=1S/C11H14N4O/c1-3-9(12)11-15-14-10(16-11)8-4-5-13-7(2)6-8/h4-6,9H,3,12H2,1-2H3. The number of rotatable bonds is 3. The molecule has 2 heterocycles. The molecule has 0 radical (unpaired) electrons. The predicted molar refractivity (Wildman–Crippen MR) is 59.5 cm³/mol. The van der Waals surface area contributed by atoms with Gasteiger partial charge in [-0.1, -0.05) is 6.92 Å². The fraction of sp³-hybridized carbons (Fsp3) is 0.364. The molecular weight excluding hydrogens is 204 g/mol. The van der Waals surface area contributed by atoms with E-state index in [-0.39, 0.29) is 6.04 Å². The molecule has 0 bridgehead atoms. The zero-order valence-electron chi connectivity index (χ0n) is 9.34. The molecule has 16 heavy (non-hydrogen) atoms. The Kier molecular flexibility index (Phi) is 2.96. The molecule has 0 fully saturated rings. The van der Waals surface area contributed by atoms with Gasteiger partial charge in [-0.15, -0.1) is 10.2 Å². The third-order valence-corrected chi connectivity index (χ3v) is 2.34. The van der Waals surface area contributed by atoms with Crippen molar-refractivity contribution in [1.82, 2.24) is 15.2 Å². The van der Waals surface area contributed by atoms with Crippen LogP contribution >= 0.6 is 0 Å². The van der Waals surface area contributed by atoms with Crippen LogP contribution in [0.4, 0.5) is 0 Å². The van der Waals surface area contributed by atoms with Crippen LogP contribution in [0.3, 0.4) is 0 Å². The van der Waals surface area contributed by atoms with Gasteiger partial charge in [0.05, 0.1) is 6.04 Å². The van der Waals surface area contributed by atoms with E-state index in [9.17, 15) is 0 Å². The molecule has 1 unspecified atom stereocenters. The number of hydrogen-bond acceptors (Lipinski definition) is 5. The van der Waals surface area contributed by atoms with Gasteiger partial charge in [0, 0.05) is 17.5 Å². The van der Waals surface area contributed by atoms with Crippen LogP contribution in [0.2, 0.25) is 0 Å². The van der Waals surface area contributed by atoms with Gasteiger partial charge in [0.2, 0.25) is 11.8 Å². The summed E-state index contributed by atoms with van der Waals surface area (Å²) in [7, 11) is 0. The molecule has 2 rings (SSSR count). The molecule has 0 aliphatic heterocycles. The lowest BCUT2D eigenvalue weighted by atomic mass is 10.2. The lowest BCUT2D eigenvalue weighted by Gasteiger charge is -2.00. The zero-order chi connectivity index (χ0) is 11.5. The Hall–Kier alpha value is -1.75. The van der Waals surface area contributed by atoms with Crippen LogP contribution < -0.4 is 5.73 Å². The molecule has 0 saturated carbocycles. The zero-order valence-corrected chi connectivity index (χ0v) is 9.34. The number of aromatic nitrogens is 3. The van der Waals surface area contributed by atoms with Gasteiger partial charge < -0.3 is 10.2 Å². The van der Waals surface area contributed by atoms with Gasteiger partial charge in [0.25, 0.3) is 0 Å². The molecule has 2 aromatic rings. The lowest BCUT2D eigenvalue weighted by molar-refractivity contribution is 0.452. The highest BCUT2D eigenvalue weighted by molar-refractivity contribution is 5.52. The van der Waals surface area contributed by atoms with Gasteiger partial charge in [-0.2, -0.15) is 0 Å². The SMILES string of the molecule is CCC(N)c1nnc(-c2ccnc(C)c2)o1.